The number of carbonyl (C=O) groups is 4. The van der Waals surface area contributed by atoms with Crippen LogP contribution in [0.3, 0.4) is 0 Å². The van der Waals surface area contributed by atoms with Gasteiger partial charge < -0.3 is 0 Å². The predicted molar refractivity (Wildman–Crippen MR) is 159 cm³/mol. The van der Waals surface area contributed by atoms with Crippen molar-refractivity contribution in [3.8, 4) is 0 Å². The van der Waals surface area contributed by atoms with Crippen molar-refractivity contribution in [2.24, 2.45) is 41.4 Å². The third kappa shape index (κ3) is 3.45. The molecular weight excluding hydrogens is 571 g/mol. The number of rotatable bonds is 3. The van der Waals surface area contributed by atoms with E-state index in [1.165, 1.54) is 9.80 Å². The molecule has 6 aliphatic rings. The molecule has 4 aliphatic carbocycles. The fourth-order valence-electron chi connectivity index (χ4n) is 8.21. The van der Waals surface area contributed by atoms with Gasteiger partial charge in [-0.1, -0.05) is 71.3 Å². The summed E-state index contributed by atoms with van der Waals surface area (Å²) in [6.07, 6.45) is 4.46. The Morgan fingerprint density at radius 1 is 0.571 bits per heavy atom. The van der Waals surface area contributed by atoms with Gasteiger partial charge in [-0.15, -0.1) is 0 Å². The van der Waals surface area contributed by atoms with Gasteiger partial charge >= 0.3 is 0 Å². The van der Waals surface area contributed by atoms with Crippen molar-refractivity contribution in [1.82, 2.24) is 0 Å². The second-order valence-corrected chi connectivity index (χ2v) is 12.6. The minimum absolute atomic E-state index is 0.233. The molecule has 7 atom stereocenters. The van der Waals surface area contributed by atoms with Gasteiger partial charge in [-0.05, 0) is 72.0 Å². The van der Waals surface area contributed by atoms with E-state index < -0.39 is 29.6 Å². The topological polar surface area (TPSA) is 74.8 Å². The number of imide groups is 2. The van der Waals surface area contributed by atoms with Gasteiger partial charge in [0.1, 0.15) is 0 Å². The molecule has 8 heteroatoms. The highest BCUT2D eigenvalue weighted by Crippen LogP contribution is 2.63. The lowest BCUT2D eigenvalue weighted by Gasteiger charge is -2.51. The van der Waals surface area contributed by atoms with Crippen LogP contribution in [-0.4, -0.2) is 23.6 Å². The number of halogens is 2. The molecule has 42 heavy (non-hydrogen) atoms. The molecule has 4 amide bonds. The maximum absolute atomic E-state index is 14.2. The monoisotopic (exact) mass is 594 g/mol. The van der Waals surface area contributed by atoms with Crippen LogP contribution in [-0.2, 0) is 19.2 Å². The summed E-state index contributed by atoms with van der Waals surface area (Å²) in [4.78, 5) is 58.9. The third-order valence-corrected chi connectivity index (χ3v) is 10.3. The lowest BCUT2D eigenvalue weighted by molar-refractivity contribution is -0.129. The zero-order valence-electron chi connectivity index (χ0n) is 22.2. The highest BCUT2D eigenvalue weighted by atomic mass is 35.5. The second kappa shape index (κ2) is 9.25. The van der Waals surface area contributed by atoms with E-state index in [2.05, 4.69) is 6.08 Å². The Morgan fingerprint density at radius 3 is 1.74 bits per heavy atom. The molecule has 3 aromatic rings. The molecule has 3 aromatic carbocycles. The first-order valence-electron chi connectivity index (χ1n) is 14.1. The Kier molecular flexibility index (Phi) is 5.66. The van der Waals surface area contributed by atoms with Crippen LogP contribution in [0.25, 0.3) is 5.57 Å². The molecule has 0 spiro atoms. The largest absolute Gasteiger partial charge is 0.274 e. The molecule has 2 aliphatic heterocycles. The lowest BCUT2D eigenvalue weighted by Crippen LogP contribution is -2.51. The van der Waals surface area contributed by atoms with E-state index in [0.29, 0.717) is 27.8 Å². The fourth-order valence-corrected chi connectivity index (χ4v) is 8.46. The summed E-state index contributed by atoms with van der Waals surface area (Å²) in [6.45, 7) is 0. The molecule has 208 valence electrons. The van der Waals surface area contributed by atoms with Gasteiger partial charge in [0.15, 0.2) is 0 Å². The van der Waals surface area contributed by atoms with Crippen LogP contribution >= 0.6 is 23.2 Å². The zero-order valence-corrected chi connectivity index (χ0v) is 23.7. The van der Waals surface area contributed by atoms with Crippen molar-refractivity contribution in [1.29, 1.82) is 0 Å². The summed E-state index contributed by atoms with van der Waals surface area (Å²) in [5.41, 5.74) is 3.98. The minimum Gasteiger partial charge on any atom is -0.274 e. The molecule has 3 fully saturated rings. The number of allylic oxidation sites excluding steroid dienone is 4. The number of fused-ring (bicyclic) bond motifs is 1. The number of carbonyl (C=O) groups excluding carboxylic acids is 4. The smallest absolute Gasteiger partial charge is 0.238 e. The standard InChI is InChI=1S/C34H24Cl2N2O4/c35-18-6-10-20(11-7-18)37-31(39)25-16-24(17-4-2-1-3-5-17)26-22-14-15-23(27(26)30(25)34(37)42)29-28(22)32(40)38(33(29)41)21-12-8-19(36)9-13-21/h1-15,22-23,25,27-30H,16H2/t22-,23+,25+,27-,28+,29+,30-/m0/s1. The predicted octanol–water partition coefficient (Wildman–Crippen LogP) is 6.19. The zero-order chi connectivity index (χ0) is 28.9. The summed E-state index contributed by atoms with van der Waals surface area (Å²) in [5, 5.41) is 1.03. The molecule has 2 saturated heterocycles. The number of anilines is 2. The van der Waals surface area contributed by atoms with E-state index >= 15 is 0 Å². The van der Waals surface area contributed by atoms with Gasteiger partial charge in [0.05, 0.1) is 35.0 Å². The van der Waals surface area contributed by atoms with Crippen molar-refractivity contribution in [2.45, 2.75) is 6.42 Å². The highest BCUT2D eigenvalue weighted by Gasteiger charge is 2.67. The molecule has 2 bridgehead atoms. The van der Waals surface area contributed by atoms with Crippen LogP contribution in [0.15, 0.2) is 96.6 Å². The fraction of sp³-hybridized carbons (Fsp3) is 0.235. The van der Waals surface area contributed by atoms with Gasteiger partial charge in [-0.25, -0.2) is 0 Å². The highest BCUT2D eigenvalue weighted by molar-refractivity contribution is 6.31. The van der Waals surface area contributed by atoms with E-state index in [1.54, 1.807) is 48.5 Å². The van der Waals surface area contributed by atoms with Gasteiger partial charge in [0.2, 0.25) is 23.6 Å². The summed E-state index contributed by atoms with van der Waals surface area (Å²) < 4.78 is 0. The summed E-state index contributed by atoms with van der Waals surface area (Å²) in [7, 11) is 0. The van der Waals surface area contributed by atoms with Crippen LogP contribution in [0, 0.1) is 41.4 Å². The Morgan fingerprint density at radius 2 is 1.12 bits per heavy atom. The van der Waals surface area contributed by atoms with Crippen molar-refractivity contribution >= 4 is 63.8 Å². The van der Waals surface area contributed by atoms with E-state index in [9.17, 15) is 19.2 Å². The number of hydrogen-bond donors (Lipinski definition) is 0. The number of benzene rings is 3. The summed E-state index contributed by atoms with van der Waals surface area (Å²) in [6, 6.07) is 23.3. The second-order valence-electron chi connectivity index (χ2n) is 11.7. The van der Waals surface area contributed by atoms with Crippen molar-refractivity contribution in [3.05, 3.63) is 112 Å². The Labute approximate surface area is 252 Å². The van der Waals surface area contributed by atoms with E-state index in [4.69, 9.17) is 23.2 Å². The Balaban J connectivity index is 1.28. The first-order chi connectivity index (χ1) is 20.3. The molecule has 2 heterocycles. The van der Waals surface area contributed by atoms with E-state index in [-0.39, 0.29) is 35.5 Å². The molecule has 0 N–H and O–H groups in total. The van der Waals surface area contributed by atoms with Crippen LogP contribution in [0.2, 0.25) is 10.0 Å². The van der Waals surface area contributed by atoms with Gasteiger partial charge in [0, 0.05) is 21.9 Å². The molecule has 0 radical (unpaired) electrons. The summed E-state index contributed by atoms with van der Waals surface area (Å²) >= 11 is 12.2. The van der Waals surface area contributed by atoms with Crippen molar-refractivity contribution < 1.29 is 19.2 Å². The average Bonchev–Trinajstić information content (AvgIpc) is 3.43. The average molecular weight is 595 g/mol. The molecule has 1 saturated carbocycles. The normalized spacial score (nSPS) is 31.1. The lowest BCUT2D eigenvalue weighted by atomic mass is 9.49. The SMILES string of the molecule is O=C1[C@@H]2[C@@H]3C=C[C@@H](C4=C(c5ccccc5)C[C@H]5C(=O)N(c6ccc(Cl)cc6)C(=O)[C@@H]5[C@H]43)[C@H]2C(=O)N1c1ccc(Cl)cc1. The Bertz CT molecular complexity index is 1750. The molecule has 0 unspecified atom stereocenters. The van der Waals surface area contributed by atoms with Crippen LogP contribution in [0.4, 0.5) is 11.4 Å². The molecule has 6 nitrogen and oxygen atoms in total. The van der Waals surface area contributed by atoms with Crippen LogP contribution in [0.1, 0.15) is 12.0 Å². The minimum atomic E-state index is -0.624. The van der Waals surface area contributed by atoms with E-state index in [1.807, 2.05) is 36.4 Å². The van der Waals surface area contributed by atoms with Crippen LogP contribution in [0.5, 0.6) is 0 Å². The summed E-state index contributed by atoms with van der Waals surface area (Å²) in [5.74, 6) is -4.47. The molecule has 9 rings (SSSR count). The number of hydrogen-bond acceptors (Lipinski definition) is 4. The van der Waals surface area contributed by atoms with E-state index in [0.717, 1.165) is 16.7 Å². The first-order valence-corrected chi connectivity index (χ1v) is 14.8. The molecule has 0 aromatic heterocycles. The van der Waals surface area contributed by atoms with Crippen molar-refractivity contribution in [2.75, 3.05) is 9.80 Å². The number of amides is 4. The quantitative estimate of drug-likeness (QED) is 0.267. The van der Waals surface area contributed by atoms with Gasteiger partial charge in [-0.2, -0.15) is 0 Å². The maximum Gasteiger partial charge on any atom is 0.238 e. The number of nitrogens with zero attached hydrogens (tertiary/aromatic N) is 2. The maximum atomic E-state index is 14.2. The van der Waals surface area contributed by atoms with Crippen molar-refractivity contribution in [3.63, 3.8) is 0 Å². The first kappa shape index (κ1) is 25.7. The molecular formula is C34H24Cl2N2O4. The Hall–Kier alpha value is -4.00. The van der Waals surface area contributed by atoms with Crippen LogP contribution < -0.4 is 9.80 Å². The third-order valence-electron chi connectivity index (χ3n) is 9.80. The van der Waals surface area contributed by atoms with Gasteiger partial charge in [0.25, 0.3) is 0 Å². The van der Waals surface area contributed by atoms with Gasteiger partial charge in [-0.3, -0.25) is 29.0 Å².